The molecule has 0 unspecified atom stereocenters. The van der Waals surface area contributed by atoms with Crippen LogP contribution in [0.3, 0.4) is 0 Å². The molecule has 0 bridgehead atoms. The third kappa shape index (κ3) is 5.25. The van der Waals surface area contributed by atoms with Crippen LogP contribution in [0.15, 0.2) is 29.2 Å². The number of benzene rings is 1. The second-order valence-corrected chi connectivity index (χ2v) is 6.60. The van der Waals surface area contributed by atoms with Gasteiger partial charge in [-0.3, -0.25) is 4.79 Å². The molecule has 0 aliphatic heterocycles. The van der Waals surface area contributed by atoms with Crippen LogP contribution in [-0.4, -0.2) is 20.2 Å². The highest BCUT2D eigenvalue weighted by molar-refractivity contribution is 8.13. The normalized spacial score (nSPS) is 11.2. The molecular weight excluding hydrogens is 297 g/mol. The topological polar surface area (TPSA) is 63.2 Å². The van der Waals surface area contributed by atoms with Crippen molar-refractivity contribution in [2.45, 2.75) is 24.2 Å². The zero-order valence-corrected chi connectivity index (χ0v) is 11.9. The van der Waals surface area contributed by atoms with Gasteiger partial charge in [-0.2, -0.15) is 0 Å². The number of rotatable bonds is 6. The molecule has 1 aromatic rings. The molecule has 1 amide bonds. The minimum Gasteiger partial charge on any atom is -0.326 e. The van der Waals surface area contributed by atoms with E-state index >= 15 is 0 Å². The van der Waals surface area contributed by atoms with Crippen LogP contribution in [0.1, 0.15) is 19.3 Å². The SMILES string of the molecule is O=C(CCCCCl)Nc1ccc(S(=O)(=O)Cl)cc1. The van der Waals surface area contributed by atoms with Crippen molar-refractivity contribution in [2.75, 3.05) is 11.2 Å². The fraction of sp³-hybridized carbons (Fsp3) is 0.364. The Labute approximate surface area is 116 Å². The highest BCUT2D eigenvalue weighted by Gasteiger charge is 2.09. The van der Waals surface area contributed by atoms with E-state index in [1.165, 1.54) is 24.3 Å². The van der Waals surface area contributed by atoms with E-state index in [0.717, 1.165) is 12.8 Å². The molecule has 0 fully saturated rings. The zero-order valence-electron chi connectivity index (χ0n) is 9.53. The molecule has 0 radical (unpaired) electrons. The first-order valence-electron chi connectivity index (χ1n) is 5.34. The van der Waals surface area contributed by atoms with Crippen molar-refractivity contribution in [3.8, 4) is 0 Å². The predicted octanol–water partition coefficient (Wildman–Crippen LogP) is 2.96. The molecular formula is C11H13Cl2NO3S. The monoisotopic (exact) mass is 309 g/mol. The molecule has 0 aromatic heterocycles. The maximum atomic E-state index is 11.5. The zero-order chi connectivity index (χ0) is 13.6. The number of nitrogens with one attached hydrogen (secondary N) is 1. The first kappa shape index (κ1) is 15.3. The number of carbonyl (C=O) groups excluding carboxylic acids is 1. The maximum absolute atomic E-state index is 11.5. The standard InChI is InChI=1S/C11H13Cl2NO3S/c12-8-2-1-3-11(15)14-9-4-6-10(7-5-9)18(13,16)17/h4-7H,1-3,8H2,(H,14,15). The Bertz CT molecular complexity index is 500. The summed E-state index contributed by atoms with van der Waals surface area (Å²) in [6.45, 7) is 0. The third-order valence-electron chi connectivity index (χ3n) is 2.21. The Morgan fingerprint density at radius 2 is 1.78 bits per heavy atom. The molecule has 1 aromatic carbocycles. The Kier molecular flexibility index (Phi) is 5.91. The van der Waals surface area contributed by atoms with Crippen LogP contribution in [0.2, 0.25) is 0 Å². The Morgan fingerprint density at radius 1 is 1.17 bits per heavy atom. The third-order valence-corrected chi connectivity index (χ3v) is 3.84. The lowest BCUT2D eigenvalue weighted by Gasteiger charge is -2.05. The van der Waals surface area contributed by atoms with Gasteiger partial charge in [0.2, 0.25) is 5.91 Å². The summed E-state index contributed by atoms with van der Waals surface area (Å²) in [6.07, 6.45) is 1.91. The molecule has 0 saturated heterocycles. The molecule has 0 saturated carbocycles. The minimum absolute atomic E-state index is 0.00399. The van der Waals surface area contributed by atoms with E-state index in [1.54, 1.807) is 0 Å². The van der Waals surface area contributed by atoms with Gasteiger partial charge < -0.3 is 5.32 Å². The molecule has 0 heterocycles. The number of anilines is 1. The predicted molar refractivity (Wildman–Crippen MR) is 72.7 cm³/mol. The van der Waals surface area contributed by atoms with E-state index in [4.69, 9.17) is 22.3 Å². The van der Waals surface area contributed by atoms with Gasteiger partial charge in [0.15, 0.2) is 0 Å². The van der Waals surface area contributed by atoms with Crippen molar-refractivity contribution < 1.29 is 13.2 Å². The highest BCUT2D eigenvalue weighted by atomic mass is 35.7. The van der Waals surface area contributed by atoms with Crippen LogP contribution in [0, 0.1) is 0 Å². The van der Waals surface area contributed by atoms with Crippen molar-refractivity contribution in [1.29, 1.82) is 0 Å². The Balaban J connectivity index is 2.56. The quantitative estimate of drug-likeness (QED) is 0.499. The van der Waals surface area contributed by atoms with Gasteiger partial charge in [0, 0.05) is 28.7 Å². The molecule has 18 heavy (non-hydrogen) atoms. The second kappa shape index (κ2) is 6.97. The van der Waals surface area contributed by atoms with Gasteiger partial charge in [-0.25, -0.2) is 8.42 Å². The van der Waals surface area contributed by atoms with Crippen molar-refractivity contribution in [3.05, 3.63) is 24.3 Å². The van der Waals surface area contributed by atoms with Gasteiger partial charge in [-0.15, -0.1) is 11.6 Å². The summed E-state index contributed by atoms with van der Waals surface area (Å²) >= 11 is 5.50. The van der Waals surface area contributed by atoms with Crippen LogP contribution >= 0.6 is 22.3 Å². The van der Waals surface area contributed by atoms with Gasteiger partial charge in [0.1, 0.15) is 0 Å². The Morgan fingerprint density at radius 3 is 2.28 bits per heavy atom. The fourth-order valence-corrected chi connectivity index (χ4v) is 2.26. The van der Waals surface area contributed by atoms with Crippen LogP contribution in [0.5, 0.6) is 0 Å². The average Bonchev–Trinajstić information content (AvgIpc) is 2.29. The molecule has 4 nitrogen and oxygen atoms in total. The largest absolute Gasteiger partial charge is 0.326 e. The van der Waals surface area contributed by atoms with E-state index in [-0.39, 0.29) is 10.8 Å². The van der Waals surface area contributed by atoms with E-state index in [9.17, 15) is 13.2 Å². The van der Waals surface area contributed by atoms with Gasteiger partial charge in [0.25, 0.3) is 9.05 Å². The molecule has 100 valence electrons. The van der Waals surface area contributed by atoms with Crippen molar-refractivity contribution in [1.82, 2.24) is 0 Å². The van der Waals surface area contributed by atoms with Crippen LogP contribution in [0.4, 0.5) is 5.69 Å². The van der Waals surface area contributed by atoms with Gasteiger partial charge in [0.05, 0.1) is 4.90 Å². The Hall–Kier alpha value is -0.780. The smallest absolute Gasteiger partial charge is 0.261 e. The summed E-state index contributed by atoms with van der Waals surface area (Å²) in [6, 6.07) is 5.68. The van der Waals surface area contributed by atoms with E-state index in [2.05, 4.69) is 5.32 Å². The summed E-state index contributed by atoms with van der Waals surface area (Å²) in [5.74, 6) is 0.414. The number of unbranched alkanes of at least 4 members (excludes halogenated alkanes) is 1. The first-order chi connectivity index (χ1) is 8.43. The van der Waals surface area contributed by atoms with Crippen LogP contribution in [0.25, 0.3) is 0 Å². The lowest BCUT2D eigenvalue weighted by molar-refractivity contribution is -0.116. The number of hydrogen-bond acceptors (Lipinski definition) is 3. The van der Waals surface area contributed by atoms with Crippen molar-refractivity contribution in [2.24, 2.45) is 0 Å². The van der Waals surface area contributed by atoms with E-state index in [0.29, 0.717) is 18.0 Å². The lowest BCUT2D eigenvalue weighted by Crippen LogP contribution is -2.11. The van der Waals surface area contributed by atoms with Crippen molar-refractivity contribution in [3.63, 3.8) is 0 Å². The van der Waals surface area contributed by atoms with Crippen molar-refractivity contribution >= 4 is 42.9 Å². The minimum atomic E-state index is -3.72. The highest BCUT2D eigenvalue weighted by Crippen LogP contribution is 2.17. The fourth-order valence-electron chi connectivity index (χ4n) is 1.30. The molecule has 7 heteroatoms. The molecule has 0 aliphatic rings. The lowest BCUT2D eigenvalue weighted by atomic mass is 10.2. The number of amides is 1. The number of halogens is 2. The maximum Gasteiger partial charge on any atom is 0.261 e. The molecule has 0 aliphatic carbocycles. The van der Waals surface area contributed by atoms with Crippen LogP contribution < -0.4 is 5.32 Å². The first-order valence-corrected chi connectivity index (χ1v) is 8.18. The number of carbonyl (C=O) groups is 1. The summed E-state index contributed by atoms with van der Waals surface area (Å²) in [5, 5.41) is 2.66. The molecule has 0 spiro atoms. The van der Waals surface area contributed by atoms with E-state index in [1.807, 2.05) is 0 Å². The molecule has 1 N–H and O–H groups in total. The van der Waals surface area contributed by atoms with Gasteiger partial charge >= 0.3 is 0 Å². The van der Waals surface area contributed by atoms with E-state index < -0.39 is 9.05 Å². The average molecular weight is 310 g/mol. The number of hydrogen-bond donors (Lipinski definition) is 1. The summed E-state index contributed by atoms with van der Waals surface area (Å²) < 4.78 is 22.0. The summed E-state index contributed by atoms with van der Waals surface area (Å²) in [4.78, 5) is 11.5. The second-order valence-electron chi connectivity index (χ2n) is 3.66. The molecule has 1 rings (SSSR count). The summed E-state index contributed by atoms with van der Waals surface area (Å²) in [5.41, 5.74) is 0.537. The van der Waals surface area contributed by atoms with Gasteiger partial charge in [-0.05, 0) is 37.1 Å². The van der Waals surface area contributed by atoms with Gasteiger partial charge in [-0.1, -0.05) is 0 Å². The summed E-state index contributed by atoms with van der Waals surface area (Å²) in [7, 11) is 1.45. The molecule has 0 atom stereocenters. The number of alkyl halides is 1. The van der Waals surface area contributed by atoms with Crippen LogP contribution in [-0.2, 0) is 13.8 Å².